The minimum absolute atomic E-state index is 0.0366. The van der Waals surface area contributed by atoms with Crippen LogP contribution in [0.2, 0.25) is 5.02 Å². The number of amides is 1. The molecule has 1 amide bonds. The first-order valence-electron chi connectivity index (χ1n) is 9.38. The van der Waals surface area contributed by atoms with Gasteiger partial charge in [0.25, 0.3) is 0 Å². The second kappa shape index (κ2) is 8.02. The maximum atomic E-state index is 13.0. The van der Waals surface area contributed by atoms with Gasteiger partial charge in [-0.2, -0.15) is 4.68 Å². The smallest absolute Gasteiger partial charge is 0.351 e. The van der Waals surface area contributed by atoms with Crippen LogP contribution in [0.3, 0.4) is 0 Å². The zero-order valence-corrected chi connectivity index (χ0v) is 16.1. The molecule has 0 radical (unpaired) electrons. The van der Waals surface area contributed by atoms with Crippen LogP contribution in [0.4, 0.5) is 0 Å². The highest BCUT2D eigenvalue weighted by Crippen LogP contribution is 2.18. The topological polar surface area (TPSA) is 68.9 Å². The average Bonchev–Trinajstić information content (AvgIpc) is 2.96. The van der Waals surface area contributed by atoms with Crippen LogP contribution in [0.1, 0.15) is 30.7 Å². The largest absolute Gasteiger partial charge is 0.352 e. The van der Waals surface area contributed by atoms with E-state index >= 15 is 0 Å². The van der Waals surface area contributed by atoms with Crippen molar-refractivity contribution in [2.24, 2.45) is 0 Å². The van der Waals surface area contributed by atoms with E-state index < -0.39 is 0 Å². The molecule has 1 aliphatic rings. The summed E-state index contributed by atoms with van der Waals surface area (Å²) in [4.78, 5) is 25.5. The Balaban J connectivity index is 1.67. The molecule has 6 nitrogen and oxygen atoms in total. The molecule has 1 heterocycles. The van der Waals surface area contributed by atoms with Crippen LogP contribution in [-0.2, 0) is 17.8 Å². The van der Waals surface area contributed by atoms with Gasteiger partial charge in [0, 0.05) is 17.5 Å². The van der Waals surface area contributed by atoms with Gasteiger partial charge in [-0.05, 0) is 49.1 Å². The molecular weight excluding hydrogens is 376 g/mol. The van der Waals surface area contributed by atoms with Crippen LogP contribution in [0, 0.1) is 0 Å². The lowest BCUT2D eigenvalue weighted by Crippen LogP contribution is -2.42. The van der Waals surface area contributed by atoms with E-state index in [9.17, 15) is 9.59 Å². The SMILES string of the molecule is O=C(Cn1c(Cc2ccccc2)nn(-c2ccc(Cl)cc2)c1=O)NC1CCC1. The van der Waals surface area contributed by atoms with Crippen LogP contribution in [0.15, 0.2) is 59.4 Å². The molecule has 4 rings (SSSR count). The van der Waals surface area contributed by atoms with Crippen LogP contribution >= 0.6 is 11.6 Å². The Bertz CT molecular complexity index is 1020. The molecule has 1 N–H and O–H groups in total. The molecule has 0 atom stereocenters. The number of halogens is 1. The van der Waals surface area contributed by atoms with E-state index in [1.807, 2.05) is 30.3 Å². The van der Waals surface area contributed by atoms with E-state index in [2.05, 4.69) is 10.4 Å². The number of nitrogens with one attached hydrogen (secondary N) is 1. The molecule has 0 spiro atoms. The molecule has 144 valence electrons. The maximum absolute atomic E-state index is 13.0. The third kappa shape index (κ3) is 4.02. The number of rotatable bonds is 6. The molecule has 1 aromatic heterocycles. The standard InChI is InChI=1S/C21H21ClN4O2/c22-16-9-11-18(12-10-16)26-21(28)25(14-20(27)23-17-7-4-8-17)19(24-26)13-15-5-2-1-3-6-15/h1-3,5-6,9-12,17H,4,7-8,13-14H2,(H,23,27). The van der Waals surface area contributed by atoms with E-state index in [1.54, 1.807) is 24.3 Å². The number of carbonyl (C=O) groups excluding carboxylic acids is 1. The van der Waals surface area contributed by atoms with E-state index in [1.165, 1.54) is 9.25 Å². The molecule has 28 heavy (non-hydrogen) atoms. The molecular formula is C21H21ClN4O2. The van der Waals surface area contributed by atoms with Gasteiger partial charge in [-0.15, -0.1) is 5.10 Å². The van der Waals surface area contributed by atoms with Crippen molar-refractivity contribution in [1.29, 1.82) is 0 Å². The molecule has 0 saturated heterocycles. The van der Waals surface area contributed by atoms with Crippen molar-refractivity contribution in [2.45, 2.75) is 38.3 Å². The Labute approximate surface area is 167 Å². The summed E-state index contributed by atoms with van der Waals surface area (Å²) in [7, 11) is 0. The van der Waals surface area contributed by atoms with Crippen molar-refractivity contribution in [2.75, 3.05) is 0 Å². The first-order valence-corrected chi connectivity index (χ1v) is 9.76. The molecule has 0 bridgehead atoms. The van der Waals surface area contributed by atoms with Crippen molar-refractivity contribution in [3.05, 3.63) is 81.5 Å². The highest BCUT2D eigenvalue weighted by Gasteiger charge is 2.22. The predicted octanol–water partition coefficient (Wildman–Crippen LogP) is 2.95. The fourth-order valence-electron chi connectivity index (χ4n) is 3.23. The number of aromatic nitrogens is 3. The molecule has 1 aliphatic carbocycles. The molecule has 7 heteroatoms. The summed E-state index contributed by atoms with van der Waals surface area (Å²) in [6.45, 7) is -0.0366. The van der Waals surface area contributed by atoms with E-state index in [0.29, 0.717) is 23.0 Å². The molecule has 0 aliphatic heterocycles. The van der Waals surface area contributed by atoms with Crippen molar-refractivity contribution in [3.8, 4) is 5.69 Å². The lowest BCUT2D eigenvalue weighted by atomic mass is 9.93. The second-order valence-corrected chi connectivity index (χ2v) is 7.47. The zero-order valence-electron chi connectivity index (χ0n) is 15.3. The molecule has 2 aromatic carbocycles. The van der Waals surface area contributed by atoms with Gasteiger partial charge in [0.15, 0.2) is 0 Å². The molecule has 3 aromatic rings. The first kappa shape index (κ1) is 18.5. The zero-order chi connectivity index (χ0) is 19.5. The maximum Gasteiger partial charge on any atom is 0.351 e. The van der Waals surface area contributed by atoms with Crippen molar-refractivity contribution in [1.82, 2.24) is 19.7 Å². The van der Waals surface area contributed by atoms with Crippen LogP contribution < -0.4 is 11.0 Å². The molecule has 1 saturated carbocycles. The Morgan fingerprint density at radius 1 is 1.11 bits per heavy atom. The summed E-state index contributed by atoms with van der Waals surface area (Å²) in [6.07, 6.45) is 3.61. The number of benzene rings is 2. The monoisotopic (exact) mass is 396 g/mol. The van der Waals surface area contributed by atoms with Crippen LogP contribution in [-0.4, -0.2) is 26.3 Å². The van der Waals surface area contributed by atoms with Gasteiger partial charge in [-0.25, -0.2) is 4.79 Å². The van der Waals surface area contributed by atoms with Gasteiger partial charge in [-0.3, -0.25) is 9.36 Å². The van der Waals surface area contributed by atoms with Crippen molar-refractivity contribution < 1.29 is 4.79 Å². The van der Waals surface area contributed by atoms with Gasteiger partial charge < -0.3 is 5.32 Å². The fourth-order valence-corrected chi connectivity index (χ4v) is 3.35. The van der Waals surface area contributed by atoms with E-state index in [4.69, 9.17) is 11.6 Å². The Kier molecular flexibility index (Phi) is 5.30. The highest BCUT2D eigenvalue weighted by molar-refractivity contribution is 6.30. The number of hydrogen-bond donors (Lipinski definition) is 1. The number of nitrogens with zero attached hydrogens (tertiary/aromatic N) is 3. The first-order chi connectivity index (χ1) is 13.6. The van der Waals surface area contributed by atoms with E-state index in [-0.39, 0.29) is 24.2 Å². The lowest BCUT2D eigenvalue weighted by molar-refractivity contribution is -0.123. The van der Waals surface area contributed by atoms with Gasteiger partial charge in [0.05, 0.1) is 5.69 Å². The number of hydrogen-bond acceptors (Lipinski definition) is 3. The highest BCUT2D eigenvalue weighted by atomic mass is 35.5. The average molecular weight is 397 g/mol. The van der Waals surface area contributed by atoms with Crippen LogP contribution in [0.5, 0.6) is 0 Å². The Hall–Kier alpha value is -2.86. The van der Waals surface area contributed by atoms with Gasteiger partial charge in [0.1, 0.15) is 12.4 Å². The summed E-state index contributed by atoms with van der Waals surface area (Å²) in [5.74, 6) is 0.395. The summed E-state index contributed by atoms with van der Waals surface area (Å²) < 4.78 is 2.78. The minimum Gasteiger partial charge on any atom is -0.352 e. The summed E-state index contributed by atoms with van der Waals surface area (Å²) in [5, 5.41) is 8.09. The lowest BCUT2D eigenvalue weighted by Gasteiger charge is -2.26. The minimum atomic E-state index is -0.336. The third-order valence-corrected chi connectivity index (χ3v) is 5.24. The summed E-state index contributed by atoms with van der Waals surface area (Å²) in [5.41, 5.74) is 1.30. The normalized spacial score (nSPS) is 13.9. The van der Waals surface area contributed by atoms with Gasteiger partial charge in [0.2, 0.25) is 5.91 Å². The third-order valence-electron chi connectivity index (χ3n) is 4.99. The van der Waals surface area contributed by atoms with Gasteiger partial charge >= 0.3 is 5.69 Å². The van der Waals surface area contributed by atoms with Crippen LogP contribution in [0.25, 0.3) is 5.69 Å². The molecule has 1 fully saturated rings. The summed E-state index contributed by atoms with van der Waals surface area (Å²) in [6, 6.07) is 16.9. The Morgan fingerprint density at radius 3 is 2.46 bits per heavy atom. The Morgan fingerprint density at radius 2 is 1.82 bits per heavy atom. The second-order valence-electron chi connectivity index (χ2n) is 7.03. The van der Waals surface area contributed by atoms with Crippen molar-refractivity contribution in [3.63, 3.8) is 0 Å². The number of carbonyl (C=O) groups is 1. The molecule has 0 unspecified atom stereocenters. The quantitative estimate of drug-likeness (QED) is 0.696. The van der Waals surface area contributed by atoms with Crippen molar-refractivity contribution >= 4 is 17.5 Å². The van der Waals surface area contributed by atoms with Gasteiger partial charge in [-0.1, -0.05) is 41.9 Å². The van der Waals surface area contributed by atoms with E-state index in [0.717, 1.165) is 24.8 Å². The fraction of sp³-hybridized carbons (Fsp3) is 0.286. The summed E-state index contributed by atoms with van der Waals surface area (Å²) >= 11 is 5.95. The predicted molar refractivity (Wildman–Crippen MR) is 108 cm³/mol.